The summed E-state index contributed by atoms with van der Waals surface area (Å²) in [4.78, 5) is 36.4. The predicted molar refractivity (Wildman–Crippen MR) is 98.6 cm³/mol. The van der Waals surface area contributed by atoms with E-state index in [9.17, 15) is 9.59 Å². The summed E-state index contributed by atoms with van der Waals surface area (Å²) in [7, 11) is 0. The van der Waals surface area contributed by atoms with Crippen LogP contribution in [0.25, 0.3) is 0 Å². The molecule has 6 heteroatoms. The van der Waals surface area contributed by atoms with E-state index in [1.54, 1.807) is 24.5 Å². The second kappa shape index (κ2) is 6.99. The third-order valence-corrected chi connectivity index (χ3v) is 6.53. The van der Waals surface area contributed by atoms with Crippen molar-refractivity contribution in [3.8, 4) is 0 Å². The number of nitrogens with zero attached hydrogens (tertiary/aromatic N) is 4. The van der Waals surface area contributed by atoms with Crippen LogP contribution in [0.3, 0.4) is 0 Å². The van der Waals surface area contributed by atoms with E-state index in [-0.39, 0.29) is 23.1 Å². The van der Waals surface area contributed by atoms with Gasteiger partial charge in [0.25, 0.3) is 5.91 Å². The highest BCUT2D eigenvalue weighted by molar-refractivity contribution is 5.95. The van der Waals surface area contributed by atoms with Crippen LogP contribution in [-0.2, 0) is 4.79 Å². The Morgan fingerprint density at radius 1 is 1.27 bits per heavy atom. The summed E-state index contributed by atoms with van der Waals surface area (Å²) in [5, 5.41) is 0. The van der Waals surface area contributed by atoms with Crippen molar-refractivity contribution in [3.05, 3.63) is 30.1 Å². The molecule has 0 aliphatic carbocycles. The minimum Gasteiger partial charge on any atom is -0.341 e. The number of pyridine rings is 1. The first-order valence-electron chi connectivity index (χ1n) is 9.81. The van der Waals surface area contributed by atoms with E-state index in [0.29, 0.717) is 18.7 Å². The van der Waals surface area contributed by atoms with Crippen LogP contribution in [0.15, 0.2) is 24.5 Å². The van der Waals surface area contributed by atoms with Gasteiger partial charge in [0.2, 0.25) is 5.91 Å². The van der Waals surface area contributed by atoms with Crippen LogP contribution in [0.2, 0.25) is 0 Å². The Labute approximate surface area is 155 Å². The second-order valence-electron chi connectivity index (χ2n) is 8.08. The van der Waals surface area contributed by atoms with Crippen LogP contribution in [-0.4, -0.2) is 77.3 Å². The fraction of sp³-hybridized carbons (Fsp3) is 0.650. The molecule has 0 N–H and O–H groups in total. The SMILES string of the molecule is C[C@H]1CN(C(=O)c2cccnc2)C[C@@]12CCN(CCN1CCCC1)C2=O. The Morgan fingerprint density at radius 2 is 2.08 bits per heavy atom. The van der Waals surface area contributed by atoms with Gasteiger partial charge in [0.1, 0.15) is 0 Å². The first-order chi connectivity index (χ1) is 12.6. The van der Waals surface area contributed by atoms with E-state index in [1.807, 2.05) is 9.80 Å². The predicted octanol–water partition coefficient (Wildman–Crippen LogP) is 1.49. The molecule has 0 radical (unpaired) electrons. The molecule has 1 aromatic rings. The molecule has 0 aromatic carbocycles. The molecule has 4 rings (SSSR count). The Balaban J connectivity index is 1.41. The Morgan fingerprint density at radius 3 is 2.81 bits per heavy atom. The van der Waals surface area contributed by atoms with E-state index in [1.165, 1.54) is 12.8 Å². The van der Waals surface area contributed by atoms with Gasteiger partial charge < -0.3 is 14.7 Å². The number of carbonyl (C=O) groups excluding carboxylic acids is 2. The molecule has 140 valence electrons. The zero-order chi connectivity index (χ0) is 18.1. The largest absolute Gasteiger partial charge is 0.341 e. The molecule has 3 saturated heterocycles. The first kappa shape index (κ1) is 17.5. The molecule has 1 spiro atoms. The minimum atomic E-state index is -0.386. The molecule has 3 fully saturated rings. The van der Waals surface area contributed by atoms with Gasteiger partial charge in [-0.25, -0.2) is 0 Å². The number of aromatic nitrogens is 1. The molecular weight excluding hydrogens is 328 g/mol. The van der Waals surface area contributed by atoms with Crippen molar-refractivity contribution in [2.75, 3.05) is 45.8 Å². The van der Waals surface area contributed by atoms with E-state index in [0.717, 1.165) is 39.1 Å². The van der Waals surface area contributed by atoms with Gasteiger partial charge in [-0.05, 0) is 50.4 Å². The van der Waals surface area contributed by atoms with Gasteiger partial charge in [-0.1, -0.05) is 6.92 Å². The van der Waals surface area contributed by atoms with Crippen LogP contribution in [0, 0.1) is 11.3 Å². The number of carbonyl (C=O) groups is 2. The van der Waals surface area contributed by atoms with Crippen molar-refractivity contribution in [2.24, 2.45) is 11.3 Å². The number of amides is 2. The van der Waals surface area contributed by atoms with Crippen molar-refractivity contribution in [1.82, 2.24) is 19.7 Å². The number of hydrogen-bond acceptors (Lipinski definition) is 4. The first-order valence-corrected chi connectivity index (χ1v) is 9.81. The highest BCUT2D eigenvalue weighted by atomic mass is 16.2. The Kier molecular flexibility index (Phi) is 4.69. The van der Waals surface area contributed by atoms with Gasteiger partial charge in [0.05, 0.1) is 11.0 Å². The van der Waals surface area contributed by atoms with Gasteiger partial charge in [-0.2, -0.15) is 0 Å². The molecule has 1 aromatic heterocycles. The zero-order valence-electron chi connectivity index (χ0n) is 15.6. The van der Waals surface area contributed by atoms with Crippen LogP contribution in [0.4, 0.5) is 0 Å². The maximum atomic E-state index is 13.2. The standard InChI is InChI=1S/C20H28N4O2/c1-16-14-24(18(25)17-5-4-7-21-13-17)15-20(16)6-10-23(19(20)26)12-11-22-8-2-3-9-22/h4-5,7,13,16H,2-3,6,8-12,14-15H2,1H3/t16-,20-/m0/s1. The van der Waals surface area contributed by atoms with Crippen molar-refractivity contribution < 1.29 is 9.59 Å². The smallest absolute Gasteiger partial charge is 0.255 e. The van der Waals surface area contributed by atoms with Crippen LogP contribution in [0.5, 0.6) is 0 Å². The molecule has 0 bridgehead atoms. The van der Waals surface area contributed by atoms with Gasteiger partial charge in [-0.3, -0.25) is 14.6 Å². The van der Waals surface area contributed by atoms with Crippen LogP contribution in [0.1, 0.15) is 36.5 Å². The summed E-state index contributed by atoms with van der Waals surface area (Å²) >= 11 is 0. The number of hydrogen-bond donors (Lipinski definition) is 0. The van der Waals surface area contributed by atoms with Gasteiger partial charge in [-0.15, -0.1) is 0 Å². The summed E-state index contributed by atoms with van der Waals surface area (Å²) in [6.45, 7) is 8.27. The summed E-state index contributed by atoms with van der Waals surface area (Å²) in [6, 6.07) is 3.58. The maximum Gasteiger partial charge on any atom is 0.255 e. The molecule has 3 aliphatic heterocycles. The summed E-state index contributed by atoms with van der Waals surface area (Å²) < 4.78 is 0. The van der Waals surface area contributed by atoms with E-state index >= 15 is 0 Å². The van der Waals surface area contributed by atoms with Crippen molar-refractivity contribution in [1.29, 1.82) is 0 Å². The fourth-order valence-electron chi connectivity index (χ4n) is 4.84. The second-order valence-corrected chi connectivity index (χ2v) is 8.08. The van der Waals surface area contributed by atoms with Gasteiger partial charge in [0, 0.05) is 45.1 Å². The lowest BCUT2D eigenvalue weighted by Gasteiger charge is -2.27. The number of rotatable bonds is 4. The quantitative estimate of drug-likeness (QED) is 0.820. The number of likely N-dealkylation sites (tertiary alicyclic amines) is 3. The van der Waals surface area contributed by atoms with Crippen molar-refractivity contribution in [2.45, 2.75) is 26.2 Å². The van der Waals surface area contributed by atoms with Crippen LogP contribution >= 0.6 is 0 Å². The molecule has 26 heavy (non-hydrogen) atoms. The Hall–Kier alpha value is -1.95. The van der Waals surface area contributed by atoms with Gasteiger partial charge >= 0.3 is 0 Å². The maximum absolute atomic E-state index is 13.2. The third kappa shape index (κ3) is 3.00. The average Bonchev–Trinajstić information content (AvgIpc) is 3.37. The van der Waals surface area contributed by atoms with E-state index in [4.69, 9.17) is 0 Å². The minimum absolute atomic E-state index is 0.00913. The van der Waals surface area contributed by atoms with Crippen molar-refractivity contribution >= 4 is 11.8 Å². The summed E-state index contributed by atoms with van der Waals surface area (Å²) in [5.74, 6) is 0.447. The zero-order valence-corrected chi connectivity index (χ0v) is 15.6. The highest BCUT2D eigenvalue weighted by Crippen LogP contribution is 2.44. The van der Waals surface area contributed by atoms with Gasteiger partial charge in [0.15, 0.2) is 0 Å². The Bertz CT molecular complexity index is 674. The molecule has 2 atom stereocenters. The normalized spacial score (nSPS) is 29.3. The fourth-order valence-corrected chi connectivity index (χ4v) is 4.84. The monoisotopic (exact) mass is 356 g/mol. The topological polar surface area (TPSA) is 56.8 Å². The van der Waals surface area contributed by atoms with Crippen LogP contribution < -0.4 is 0 Å². The van der Waals surface area contributed by atoms with E-state index < -0.39 is 0 Å². The molecule has 2 amide bonds. The van der Waals surface area contributed by atoms with E-state index in [2.05, 4.69) is 16.8 Å². The molecule has 6 nitrogen and oxygen atoms in total. The molecule has 4 heterocycles. The summed E-state index contributed by atoms with van der Waals surface area (Å²) in [6.07, 6.45) is 6.70. The summed E-state index contributed by atoms with van der Waals surface area (Å²) in [5.41, 5.74) is 0.219. The highest BCUT2D eigenvalue weighted by Gasteiger charge is 2.55. The molecular formula is C20H28N4O2. The average molecular weight is 356 g/mol. The lowest BCUT2D eigenvalue weighted by molar-refractivity contribution is -0.137. The third-order valence-electron chi connectivity index (χ3n) is 6.53. The molecule has 3 aliphatic rings. The molecule has 0 saturated carbocycles. The lowest BCUT2D eigenvalue weighted by atomic mass is 9.78. The van der Waals surface area contributed by atoms with Crippen molar-refractivity contribution in [3.63, 3.8) is 0 Å². The lowest BCUT2D eigenvalue weighted by Crippen LogP contribution is -2.42. The molecule has 0 unspecified atom stereocenters.